The first-order valence-corrected chi connectivity index (χ1v) is 10.6. The number of nitrogens with zero attached hydrogens (tertiary/aromatic N) is 2. The van der Waals surface area contributed by atoms with Gasteiger partial charge < -0.3 is 0 Å². The van der Waals surface area contributed by atoms with Crippen LogP contribution < -0.4 is 0 Å². The monoisotopic (exact) mass is 426 g/mol. The summed E-state index contributed by atoms with van der Waals surface area (Å²) in [6.07, 6.45) is 8.00. The van der Waals surface area contributed by atoms with Crippen LogP contribution in [0, 0.1) is 0 Å². The number of aromatic nitrogens is 2. The van der Waals surface area contributed by atoms with Crippen molar-refractivity contribution in [3.8, 4) is 5.82 Å². The quantitative estimate of drug-likeness (QED) is 0.346. The Kier molecular flexibility index (Phi) is 3.45. The van der Waals surface area contributed by atoms with E-state index in [2.05, 4.69) is 92.2 Å². The van der Waals surface area contributed by atoms with E-state index in [1.165, 1.54) is 52.6 Å². The van der Waals surface area contributed by atoms with Gasteiger partial charge in [0.2, 0.25) is 0 Å². The van der Waals surface area contributed by atoms with Crippen LogP contribution in [0.4, 0.5) is 0 Å². The van der Waals surface area contributed by atoms with Crippen LogP contribution in [0.3, 0.4) is 0 Å². The van der Waals surface area contributed by atoms with Gasteiger partial charge in [-0.1, -0.05) is 52.7 Å². The number of pyridine rings is 1. The van der Waals surface area contributed by atoms with E-state index in [1.54, 1.807) is 0 Å². The van der Waals surface area contributed by atoms with E-state index in [1.807, 2.05) is 12.3 Å². The largest absolute Gasteiger partial charge is 0.294 e. The Labute approximate surface area is 172 Å². The lowest BCUT2D eigenvalue weighted by Crippen LogP contribution is -2.34. The first-order valence-electron chi connectivity index (χ1n) is 9.81. The Bertz CT molecular complexity index is 1250. The van der Waals surface area contributed by atoms with Crippen molar-refractivity contribution in [3.05, 3.63) is 94.2 Å². The van der Waals surface area contributed by atoms with Gasteiger partial charge in [0.15, 0.2) is 0 Å². The molecule has 0 aliphatic heterocycles. The summed E-state index contributed by atoms with van der Waals surface area (Å²) in [5.41, 5.74) is 6.89. The third kappa shape index (κ3) is 2.17. The Hall–Kier alpha value is -2.65. The van der Waals surface area contributed by atoms with Gasteiger partial charge in [0.1, 0.15) is 5.82 Å². The summed E-state index contributed by atoms with van der Waals surface area (Å²) in [6, 6.07) is 23.8. The zero-order valence-corrected chi connectivity index (χ0v) is 17.0. The second-order valence-electron chi connectivity index (χ2n) is 7.84. The van der Waals surface area contributed by atoms with E-state index in [0.29, 0.717) is 0 Å². The van der Waals surface area contributed by atoms with Gasteiger partial charge in [0.25, 0.3) is 0 Å². The number of allylic oxidation sites excluding steroid dienone is 1. The fourth-order valence-corrected chi connectivity index (χ4v) is 5.34. The molecule has 28 heavy (non-hydrogen) atoms. The molecule has 0 radical (unpaired) electrons. The summed E-state index contributed by atoms with van der Waals surface area (Å²) in [7, 11) is 0. The van der Waals surface area contributed by atoms with E-state index >= 15 is 0 Å². The van der Waals surface area contributed by atoms with Gasteiger partial charge in [-0.2, -0.15) is 0 Å². The smallest absolute Gasteiger partial charge is 0.137 e. The molecule has 6 rings (SSSR count). The number of hydrogen-bond donors (Lipinski definition) is 0. The zero-order valence-electron chi connectivity index (χ0n) is 15.4. The molecule has 2 aromatic carbocycles. The fraction of sp³-hybridized carbons (Fsp3) is 0.160. The van der Waals surface area contributed by atoms with Crippen LogP contribution in [0.15, 0.2) is 77.4 Å². The molecule has 1 fully saturated rings. The maximum Gasteiger partial charge on any atom is 0.137 e. The second-order valence-corrected chi connectivity index (χ2v) is 8.75. The second kappa shape index (κ2) is 5.92. The van der Waals surface area contributed by atoms with E-state index in [9.17, 15) is 0 Å². The van der Waals surface area contributed by atoms with Crippen molar-refractivity contribution >= 4 is 38.5 Å². The highest BCUT2D eigenvalue weighted by molar-refractivity contribution is 9.10. The summed E-state index contributed by atoms with van der Waals surface area (Å²) < 4.78 is 3.50. The van der Waals surface area contributed by atoms with Crippen molar-refractivity contribution in [2.45, 2.75) is 24.7 Å². The van der Waals surface area contributed by atoms with E-state index in [0.717, 1.165) is 10.3 Å². The average Bonchev–Trinajstić information content (AvgIpc) is 3.23. The lowest BCUT2D eigenvalue weighted by molar-refractivity contribution is 0.330. The lowest BCUT2D eigenvalue weighted by atomic mass is 9.61. The third-order valence-electron chi connectivity index (χ3n) is 6.42. The predicted molar refractivity (Wildman–Crippen MR) is 119 cm³/mol. The minimum Gasteiger partial charge on any atom is -0.294 e. The topological polar surface area (TPSA) is 17.8 Å². The van der Waals surface area contributed by atoms with Gasteiger partial charge in [-0.05, 0) is 72.0 Å². The van der Waals surface area contributed by atoms with Crippen molar-refractivity contribution in [3.63, 3.8) is 0 Å². The summed E-state index contributed by atoms with van der Waals surface area (Å²) in [6.45, 7) is 0. The first kappa shape index (κ1) is 16.3. The summed E-state index contributed by atoms with van der Waals surface area (Å²) in [4.78, 5) is 4.69. The predicted octanol–water partition coefficient (Wildman–Crippen LogP) is 6.76. The van der Waals surface area contributed by atoms with Crippen LogP contribution in [0.25, 0.3) is 28.4 Å². The number of benzene rings is 2. The molecule has 2 aliphatic carbocycles. The summed E-state index contributed by atoms with van der Waals surface area (Å²) in [5, 5.41) is 1.26. The normalized spacial score (nSPS) is 16.8. The number of hydrogen-bond acceptors (Lipinski definition) is 1. The van der Waals surface area contributed by atoms with Gasteiger partial charge in [-0.3, -0.25) is 4.57 Å². The Morgan fingerprint density at radius 3 is 2.57 bits per heavy atom. The summed E-state index contributed by atoms with van der Waals surface area (Å²) in [5.74, 6) is 0.978. The molecule has 1 saturated carbocycles. The Morgan fingerprint density at radius 1 is 0.929 bits per heavy atom. The van der Waals surface area contributed by atoms with Crippen LogP contribution >= 0.6 is 15.9 Å². The van der Waals surface area contributed by atoms with E-state index < -0.39 is 0 Å². The van der Waals surface area contributed by atoms with Crippen LogP contribution in [-0.4, -0.2) is 9.55 Å². The highest BCUT2D eigenvalue weighted by atomic mass is 79.9. The van der Waals surface area contributed by atoms with E-state index in [-0.39, 0.29) is 5.41 Å². The van der Waals surface area contributed by atoms with Crippen molar-refractivity contribution in [1.29, 1.82) is 0 Å². The number of fused-ring (bicyclic) bond motifs is 3. The molecule has 1 spiro atoms. The molecule has 0 saturated heterocycles. The average molecular weight is 427 g/mol. The van der Waals surface area contributed by atoms with Gasteiger partial charge in [-0.15, -0.1) is 0 Å². The first-order chi connectivity index (χ1) is 13.8. The Balaban J connectivity index is 1.64. The highest BCUT2D eigenvalue weighted by Crippen LogP contribution is 2.59. The molecule has 2 aliphatic rings. The van der Waals surface area contributed by atoms with E-state index in [4.69, 9.17) is 0 Å². The molecule has 0 unspecified atom stereocenters. The van der Waals surface area contributed by atoms with Crippen LogP contribution in [0.2, 0.25) is 0 Å². The van der Waals surface area contributed by atoms with Crippen molar-refractivity contribution < 1.29 is 0 Å². The molecule has 0 bridgehead atoms. The minimum atomic E-state index is 0.139. The van der Waals surface area contributed by atoms with Crippen LogP contribution in [-0.2, 0) is 5.41 Å². The molecular formula is C25H19BrN2. The van der Waals surface area contributed by atoms with Gasteiger partial charge in [-0.25, -0.2) is 4.98 Å². The van der Waals surface area contributed by atoms with Crippen LogP contribution in [0.5, 0.6) is 0 Å². The minimum absolute atomic E-state index is 0.139. The fourth-order valence-electron chi connectivity index (χ4n) is 4.98. The molecular weight excluding hydrogens is 408 g/mol. The van der Waals surface area contributed by atoms with Crippen molar-refractivity contribution in [2.75, 3.05) is 0 Å². The number of rotatable bonds is 2. The molecule has 3 heteroatoms. The van der Waals surface area contributed by atoms with Gasteiger partial charge in [0, 0.05) is 21.5 Å². The number of para-hydroxylation sites is 1. The third-order valence-corrected chi connectivity index (χ3v) is 6.91. The van der Waals surface area contributed by atoms with Gasteiger partial charge in [0.05, 0.1) is 11.2 Å². The van der Waals surface area contributed by atoms with Crippen LogP contribution in [0.1, 0.15) is 36.1 Å². The van der Waals surface area contributed by atoms with Crippen molar-refractivity contribution in [1.82, 2.24) is 9.55 Å². The number of halogens is 1. The molecule has 2 heterocycles. The van der Waals surface area contributed by atoms with Crippen molar-refractivity contribution in [2.24, 2.45) is 0 Å². The molecule has 4 aromatic rings. The zero-order chi connectivity index (χ0) is 18.7. The molecule has 0 atom stereocenters. The molecule has 0 amide bonds. The molecule has 2 aromatic heterocycles. The molecule has 136 valence electrons. The maximum absolute atomic E-state index is 4.69. The summed E-state index contributed by atoms with van der Waals surface area (Å²) >= 11 is 3.69. The SMILES string of the molecule is Brc1ccc2c(c1)C1(CCC1)C(c1cc3ccccc3n1-c1ccccn1)=C2. The standard InChI is InChI=1S/C25H19BrN2/c26-19-10-9-17-14-21(25(11-5-12-25)20(17)16-19)23-15-18-6-1-2-7-22(18)28(23)24-8-3-4-13-27-24/h1-4,6-10,13-16H,5,11-12H2. The lowest BCUT2D eigenvalue weighted by Gasteiger charge is -2.42. The van der Waals surface area contributed by atoms with Gasteiger partial charge >= 0.3 is 0 Å². The molecule has 0 N–H and O–H groups in total. The Morgan fingerprint density at radius 2 is 1.79 bits per heavy atom. The molecule has 2 nitrogen and oxygen atoms in total. The maximum atomic E-state index is 4.69. The highest BCUT2D eigenvalue weighted by Gasteiger charge is 2.47.